The topological polar surface area (TPSA) is 58.4 Å². The number of nitrogens with one attached hydrogen (secondary N) is 1. The summed E-state index contributed by atoms with van der Waals surface area (Å²) in [4.78, 5) is 17.7. The van der Waals surface area contributed by atoms with E-state index in [1.165, 1.54) is 0 Å². The lowest BCUT2D eigenvalue weighted by molar-refractivity contribution is -0.131. The van der Waals surface area contributed by atoms with E-state index in [-0.39, 0.29) is 24.4 Å². The molecule has 0 radical (unpaired) electrons. The fraction of sp³-hybridized carbons (Fsp3) is 0.667. The van der Waals surface area contributed by atoms with Crippen molar-refractivity contribution >= 4 is 18.3 Å². The van der Waals surface area contributed by atoms with E-state index in [1.807, 2.05) is 11.8 Å². The number of oxazole rings is 1. The molecule has 0 saturated carbocycles. The van der Waals surface area contributed by atoms with Crippen molar-refractivity contribution in [2.75, 3.05) is 13.1 Å². The third-order valence-corrected chi connectivity index (χ3v) is 3.14. The summed E-state index contributed by atoms with van der Waals surface area (Å²) in [7, 11) is 0. The lowest BCUT2D eigenvalue weighted by atomic mass is 10.2. The maximum atomic E-state index is 11.6. The summed E-state index contributed by atoms with van der Waals surface area (Å²) in [6.07, 6.45) is 3.57. The van der Waals surface area contributed by atoms with Gasteiger partial charge >= 0.3 is 0 Å². The van der Waals surface area contributed by atoms with Gasteiger partial charge in [-0.25, -0.2) is 4.98 Å². The van der Waals surface area contributed by atoms with Crippen molar-refractivity contribution in [2.45, 2.75) is 39.3 Å². The Hall–Kier alpha value is -1.07. The van der Waals surface area contributed by atoms with Gasteiger partial charge in [0.05, 0.1) is 12.7 Å². The summed E-state index contributed by atoms with van der Waals surface area (Å²) < 4.78 is 5.55. The SMILES string of the molecule is CCc1cnc(CN(C(C)=O)C2CCNC2)o1.Cl. The van der Waals surface area contributed by atoms with Gasteiger partial charge in [-0.2, -0.15) is 0 Å². The maximum Gasteiger partial charge on any atom is 0.220 e. The lowest BCUT2D eigenvalue weighted by Crippen LogP contribution is -2.39. The first kappa shape index (κ1) is 15.0. The predicted octanol–water partition coefficient (Wildman–Crippen LogP) is 1.37. The standard InChI is InChI=1S/C12H19N3O2.ClH/c1-3-11-7-14-12(17-11)8-15(9(2)16)10-4-5-13-6-10;/h7,10,13H,3-6,8H2,1-2H3;1H. The van der Waals surface area contributed by atoms with Crippen molar-refractivity contribution in [2.24, 2.45) is 0 Å². The Morgan fingerprint density at radius 1 is 1.67 bits per heavy atom. The van der Waals surface area contributed by atoms with E-state index in [1.54, 1.807) is 13.1 Å². The molecular formula is C12H20ClN3O2. The third kappa shape index (κ3) is 3.46. The molecule has 1 aromatic rings. The molecule has 1 aliphatic heterocycles. The van der Waals surface area contributed by atoms with Gasteiger partial charge in [0.1, 0.15) is 5.76 Å². The lowest BCUT2D eigenvalue weighted by Gasteiger charge is -2.25. The van der Waals surface area contributed by atoms with Crippen molar-refractivity contribution in [3.63, 3.8) is 0 Å². The second-order valence-electron chi connectivity index (χ2n) is 4.37. The summed E-state index contributed by atoms with van der Waals surface area (Å²) in [6.45, 7) is 5.93. The molecule has 18 heavy (non-hydrogen) atoms. The number of halogens is 1. The Kier molecular flexibility index (Phi) is 5.62. The van der Waals surface area contributed by atoms with E-state index in [9.17, 15) is 4.79 Å². The molecule has 0 bridgehead atoms. The summed E-state index contributed by atoms with van der Waals surface area (Å²) in [5.74, 6) is 1.58. The van der Waals surface area contributed by atoms with E-state index in [2.05, 4.69) is 10.3 Å². The first-order valence-corrected chi connectivity index (χ1v) is 6.12. The van der Waals surface area contributed by atoms with Crippen molar-refractivity contribution in [1.29, 1.82) is 0 Å². The van der Waals surface area contributed by atoms with Gasteiger partial charge in [-0.05, 0) is 13.0 Å². The molecule has 1 atom stereocenters. The number of hydrogen-bond donors (Lipinski definition) is 1. The molecule has 6 heteroatoms. The molecule has 1 aromatic heterocycles. The van der Waals surface area contributed by atoms with E-state index in [4.69, 9.17) is 4.42 Å². The number of carbonyl (C=O) groups excluding carboxylic acids is 1. The fourth-order valence-corrected chi connectivity index (χ4v) is 2.13. The van der Waals surface area contributed by atoms with Crippen LogP contribution in [0.5, 0.6) is 0 Å². The van der Waals surface area contributed by atoms with Gasteiger partial charge in [0.2, 0.25) is 11.8 Å². The minimum Gasteiger partial charge on any atom is -0.444 e. The summed E-state index contributed by atoms with van der Waals surface area (Å²) in [5, 5.41) is 3.26. The minimum atomic E-state index is 0. The largest absolute Gasteiger partial charge is 0.444 e. The quantitative estimate of drug-likeness (QED) is 0.900. The Morgan fingerprint density at radius 2 is 2.44 bits per heavy atom. The van der Waals surface area contributed by atoms with Crippen molar-refractivity contribution in [1.82, 2.24) is 15.2 Å². The van der Waals surface area contributed by atoms with E-state index in [0.29, 0.717) is 12.4 Å². The van der Waals surface area contributed by atoms with Crippen LogP contribution in [0, 0.1) is 0 Å². The van der Waals surface area contributed by atoms with Crippen LogP contribution in [0.1, 0.15) is 31.9 Å². The zero-order chi connectivity index (χ0) is 12.3. The number of nitrogens with zero attached hydrogens (tertiary/aromatic N) is 2. The first-order valence-electron chi connectivity index (χ1n) is 6.12. The number of aryl methyl sites for hydroxylation is 1. The van der Waals surface area contributed by atoms with E-state index >= 15 is 0 Å². The molecule has 102 valence electrons. The molecular weight excluding hydrogens is 254 g/mol. The summed E-state index contributed by atoms with van der Waals surface area (Å²) in [6, 6.07) is 0.268. The fourth-order valence-electron chi connectivity index (χ4n) is 2.13. The molecule has 1 amide bonds. The molecule has 1 unspecified atom stereocenters. The third-order valence-electron chi connectivity index (χ3n) is 3.14. The zero-order valence-corrected chi connectivity index (χ0v) is 11.6. The van der Waals surface area contributed by atoms with Gasteiger partial charge in [0.25, 0.3) is 0 Å². The van der Waals surface area contributed by atoms with E-state index in [0.717, 1.165) is 31.7 Å². The molecule has 2 rings (SSSR count). The Balaban J connectivity index is 0.00000162. The smallest absolute Gasteiger partial charge is 0.220 e. The average molecular weight is 274 g/mol. The second kappa shape index (κ2) is 6.75. The molecule has 1 aliphatic rings. The Labute approximate surface area is 113 Å². The molecule has 1 fully saturated rings. The van der Waals surface area contributed by atoms with Gasteiger partial charge in [-0.3, -0.25) is 4.79 Å². The summed E-state index contributed by atoms with van der Waals surface area (Å²) >= 11 is 0. The molecule has 0 aliphatic carbocycles. The molecule has 2 heterocycles. The van der Waals surface area contributed by atoms with Crippen LogP contribution in [0.15, 0.2) is 10.6 Å². The zero-order valence-electron chi connectivity index (χ0n) is 10.8. The normalized spacial score (nSPS) is 18.4. The van der Waals surface area contributed by atoms with Crippen LogP contribution < -0.4 is 5.32 Å². The van der Waals surface area contributed by atoms with Crippen molar-refractivity contribution < 1.29 is 9.21 Å². The van der Waals surface area contributed by atoms with Crippen LogP contribution >= 0.6 is 12.4 Å². The highest BCUT2D eigenvalue weighted by Gasteiger charge is 2.25. The number of aromatic nitrogens is 1. The highest BCUT2D eigenvalue weighted by Crippen LogP contribution is 2.14. The molecule has 0 aromatic carbocycles. The number of carbonyl (C=O) groups is 1. The van der Waals surface area contributed by atoms with Gasteiger partial charge in [0, 0.05) is 25.9 Å². The van der Waals surface area contributed by atoms with Crippen LogP contribution in [0.2, 0.25) is 0 Å². The van der Waals surface area contributed by atoms with Gasteiger partial charge < -0.3 is 14.6 Å². The van der Waals surface area contributed by atoms with Crippen LogP contribution in [0.4, 0.5) is 0 Å². The Bertz CT molecular complexity index is 388. The monoisotopic (exact) mass is 273 g/mol. The maximum absolute atomic E-state index is 11.6. The van der Waals surface area contributed by atoms with E-state index < -0.39 is 0 Å². The summed E-state index contributed by atoms with van der Waals surface area (Å²) in [5.41, 5.74) is 0. The minimum absolute atomic E-state index is 0. The average Bonchev–Trinajstić information content (AvgIpc) is 2.96. The second-order valence-corrected chi connectivity index (χ2v) is 4.37. The molecule has 5 nitrogen and oxygen atoms in total. The number of hydrogen-bond acceptors (Lipinski definition) is 4. The molecule has 1 saturated heterocycles. The van der Waals surface area contributed by atoms with Crippen LogP contribution in [-0.4, -0.2) is 34.9 Å². The highest BCUT2D eigenvalue weighted by atomic mass is 35.5. The van der Waals surface area contributed by atoms with Gasteiger partial charge in [-0.1, -0.05) is 6.92 Å². The van der Waals surface area contributed by atoms with Crippen molar-refractivity contribution in [3.05, 3.63) is 17.8 Å². The Morgan fingerprint density at radius 3 is 2.94 bits per heavy atom. The van der Waals surface area contributed by atoms with Gasteiger partial charge in [0.15, 0.2) is 0 Å². The molecule has 0 spiro atoms. The first-order chi connectivity index (χ1) is 8.20. The molecule has 1 N–H and O–H groups in total. The van der Waals surface area contributed by atoms with Crippen LogP contribution in [0.25, 0.3) is 0 Å². The van der Waals surface area contributed by atoms with Crippen LogP contribution in [0.3, 0.4) is 0 Å². The van der Waals surface area contributed by atoms with Crippen molar-refractivity contribution in [3.8, 4) is 0 Å². The predicted molar refractivity (Wildman–Crippen MR) is 70.6 cm³/mol. The van der Waals surface area contributed by atoms with Gasteiger partial charge in [-0.15, -0.1) is 12.4 Å². The number of amides is 1. The van der Waals surface area contributed by atoms with Crippen LogP contribution in [-0.2, 0) is 17.8 Å². The number of rotatable bonds is 4. The highest BCUT2D eigenvalue weighted by molar-refractivity contribution is 5.85.